The first kappa shape index (κ1) is 23.4. The van der Waals surface area contributed by atoms with Gasteiger partial charge in [0.1, 0.15) is 0 Å². The number of aliphatic carboxylic acids is 2. The summed E-state index contributed by atoms with van der Waals surface area (Å²) in [7, 11) is 0. The van der Waals surface area contributed by atoms with Gasteiger partial charge in [-0.2, -0.15) is 0 Å². The van der Waals surface area contributed by atoms with E-state index in [-0.39, 0.29) is 46.8 Å². The van der Waals surface area contributed by atoms with Gasteiger partial charge in [0.15, 0.2) is 0 Å². The van der Waals surface area contributed by atoms with Gasteiger partial charge >= 0.3 is 35.6 Å². The van der Waals surface area contributed by atoms with E-state index in [0.29, 0.717) is 0 Å². The van der Waals surface area contributed by atoms with Crippen molar-refractivity contribution in [3.8, 4) is 0 Å². The number of hydrogen-bond acceptors (Lipinski definition) is 4. The number of carboxylic acids is 2. The first-order valence-corrected chi connectivity index (χ1v) is 3.02. The summed E-state index contributed by atoms with van der Waals surface area (Å²) in [4.78, 5) is 19.0. The van der Waals surface area contributed by atoms with Gasteiger partial charge in [0.2, 0.25) is 0 Å². The molecule has 0 aliphatic rings. The topological polar surface area (TPSA) is 80.3 Å². The molecular formula is C8H11CoLiO4. The van der Waals surface area contributed by atoms with Gasteiger partial charge in [0.05, 0.1) is 11.9 Å². The monoisotopic (exact) mass is 237 g/mol. The van der Waals surface area contributed by atoms with E-state index in [0.717, 1.165) is 0 Å². The summed E-state index contributed by atoms with van der Waals surface area (Å²) in [6, 6.07) is 0. The molecule has 0 rings (SSSR count). The number of rotatable bonds is 2. The summed E-state index contributed by atoms with van der Waals surface area (Å²) < 4.78 is 0. The molecule has 0 heterocycles. The van der Waals surface area contributed by atoms with E-state index in [2.05, 4.69) is 13.2 Å². The molecule has 0 saturated carbocycles. The van der Waals surface area contributed by atoms with Crippen LogP contribution in [0.3, 0.4) is 0 Å². The molecule has 4 nitrogen and oxygen atoms in total. The molecule has 0 atom stereocenters. The van der Waals surface area contributed by atoms with E-state index in [1.54, 1.807) is 0 Å². The molecule has 1 radical (unpaired) electrons. The maximum absolute atomic E-state index is 9.49. The third-order valence-electron chi connectivity index (χ3n) is 0.697. The van der Waals surface area contributed by atoms with Crippen LogP contribution in [0.1, 0.15) is 13.8 Å². The fraction of sp³-hybridized carbons (Fsp3) is 0.250. The van der Waals surface area contributed by atoms with Crippen molar-refractivity contribution in [1.82, 2.24) is 0 Å². The number of carbonyl (C=O) groups excluding carboxylic acids is 2. The van der Waals surface area contributed by atoms with Crippen molar-refractivity contribution in [3.05, 3.63) is 24.3 Å². The van der Waals surface area contributed by atoms with Crippen molar-refractivity contribution in [2.75, 3.05) is 0 Å². The zero-order valence-electron chi connectivity index (χ0n) is 7.38. The van der Waals surface area contributed by atoms with E-state index >= 15 is 0 Å². The van der Waals surface area contributed by atoms with Crippen molar-refractivity contribution < 1.29 is 36.6 Å². The van der Waals surface area contributed by atoms with Crippen LogP contribution >= 0.6 is 0 Å². The van der Waals surface area contributed by atoms with Gasteiger partial charge in [-0.05, 0) is 25.0 Å². The van der Waals surface area contributed by atoms with Crippen LogP contribution in [0.15, 0.2) is 24.3 Å². The Balaban J connectivity index is -0.0000000625. The molecule has 0 spiro atoms. The summed E-state index contributed by atoms with van der Waals surface area (Å²) in [5.74, 6) is -2.37. The molecule has 0 bridgehead atoms. The normalized spacial score (nSPS) is 6.43. The molecule has 0 fully saturated rings. The summed E-state index contributed by atoms with van der Waals surface area (Å²) in [6.07, 6.45) is 0. The fourth-order valence-corrected chi connectivity index (χ4v) is 0. The Morgan fingerprint density at radius 3 is 1.00 bits per heavy atom. The zero-order chi connectivity index (χ0) is 10.3. The predicted octanol–water partition coefficient (Wildman–Crippen LogP) is -2.03. The van der Waals surface area contributed by atoms with Crippen molar-refractivity contribution in [2.24, 2.45) is 0 Å². The second kappa shape index (κ2) is 12.5. The molecule has 0 aromatic heterocycles. The van der Waals surface area contributed by atoms with Crippen molar-refractivity contribution in [3.63, 3.8) is 0 Å². The van der Waals surface area contributed by atoms with E-state index in [4.69, 9.17) is 0 Å². The Labute approximate surface area is 105 Å². The SMILES string of the molecule is C=C(C)C(=O)[O-].C=C(C)C(=O)[O-].[Co+2].[LiH]. The Morgan fingerprint density at radius 2 is 1.00 bits per heavy atom. The van der Waals surface area contributed by atoms with Gasteiger partial charge < -0.3 is 19.8 Å². The second-order valence-electron chi connectivity index (χ2n) is 2.14. The second-order valence-corrected chi connectivity index (χ2v) is 2.14. The third kappa shape index (κ3) is 22.5. The summed E-state index contributed by atoms with van der Waals surface area (Å²) in [5, 5.41) is 19.0. The maximum atomic E-state index is 9.49. The van der Waals surface area contributed by atoms with Gasteiger partial charge in [-0.15, -0.1) is 0 Å². The van der Waals surface area contributed by atoms with Crippen molar-refractivity contribution in [1.29, 1.82) is 0 Å². The van der Waals surface area contributed by atoms with E-state index in [9.17, 15) is 19.8 Å². The predicted molar refractivity (Wildman–Crippen MR) is 46.8 cm³/mol. The first-order valence-electron chi connectivity index (χ1n) is 3.02. The molecule has 0 aromatic rings. The Hall–Kier alpha value is -0.476. The van der Waals surface area contributed by atoms with Crippen LogP contribution < -0.4 is 10.2 Å². The standard InChI is InChI=1S/2C4H6O2.Co.Li.H/c2*1-3(2)4(5)6;;;/h2*1H2,2H3,(H,5,6);;;/q;;+2;;/p-2. The average molecular weight is 237 g/mol. The number of hydrogen-bond donors (Lipinski definition) is 0. The van der Waals surface area contributed by atoms with Crippen LogP contribution in [0, 0.1) is 0 Å². The molecule has 0 amide bonds. The zero-order valence-corrected chi connectivity index (χ0v) is 8.42. The Kier molecular flexibility index (Phi) is 20.9. The third-order valence-corrected chi connectivity index (χ3v) is 0.697. The molecule has 0 saturated heterocycles. The number of carbonyl (C=O) groups is 2. The fourth-order valence-electron chi connectivity index (χ4n) is 0. The van der Waals surface area contributed by atoms with Crippen LogP contribution in [0.5, 0.6) is 0 Å². The van der Waals surface area contributed by atoms with Crippen molar-refractivity contribution >= 4 is 30.8 Å². The van der Waals surface area contributed by atoms with Gasteiger partial charge in [0, 0.05) is 0 Å². The van der Waals surface area contributed by atoms with Gasteiger partial charge in [-0.25, -0.2) is 0 Å². The quantitative estimate of drug-likeness (QED) is 0.410. The van der Waals surface area contributed by atoms with E-state index < -0.39 is 11.9 Å². The van der Waals surface area contributed by atoms with Gasteiger partial charge in [-0.1, -0.05) is 13.2 Å². The summed E-state index contributed by atoms with van der Waals surface area (Å²) >= 11 is 0. The average Bonchev–Trinajstić information content (AvgIpc) is 1.88. The Morgan fingerprint density at radius 1 is 0.929 bits per heavy atom. The molecule has 0 aliphatic heterocycles. The van der Waals surface area contributed by atoms with Crippen LogP contribution in [0.2, 0.25) is 0 Å². The number of carboxylic acid groups (broad SMARTS) is 2. The minimum atomic E-state index is -1.19. The van der Waals surface area contributed by atoms with Crippen LogP contribution in [0.25, 0.3) is 0 Å². The van der Waals surface area contributed by atoms with Crippen LogP contribution in [-0.4, -0.2) is 30.8 Å². The summed E-state index contributed by atoms with van der Waals surface area (Å²) in [5.41, 5.74) is 0.130. The molecular weight excluding hydrogens is 226 g/mol. The molecule has 14 heavy (non-hydrogen) atoms. The minimum absolute atomic E-state index is 0. The van der Waals surface area contributed by atoms with Crippen molar-refractivity contribution in [2.45, 2.75) is 13.8 Å². The van der Waals surface area contributed by atoms with E-state index in [1.807, 2.05) is 0 Å². The first-order chi connectivity index (χ1) is 5.29. The molecule has 0 unspecified atom stereocenters. The van der Waals surface area contributed by atoms with E-state index in [1.165, 1.54) is 13.8 Å². The van der Waals surface area contributed by atoms with Crippen LogP contribution in [-0.2, 0) is 26.4 Å². The Bertz CT molecular complexity index is 177. The van der Waals surface area contributed by atoms with Gasteiger partial charge in [0.25, 0.3) is 0 Å². The molecule has 0 N–H and O–H groups in total. The molecule has 0 aliphatic carbocycles. The molecule has 77 valence electrons. The molecule has 0 aromatic carbocycles. The molecule has 6 heteroatoms. The van der Waals surface area contributed by atoms with Gasteiger partial charge in [-0.3, -0.25) is 0 Å². The van der Waals surface area contributed by atoms with Crippen LogP contribution in [0.4, 0.5) is 0 Å². The summed E-state index contributed by atoms with van der Waals surface area (Å²) in [6.45, 7) is 8.95.